The van der Waals surface area contributed by atoms with Crippen LogP contribution in [0.2, 0.25) is 0 Å². The van der Waals surface area contributed by atoms with Crippen molar-refractivity contribution in [2.24, 2.45) is 29.1 Å². The highest BCUT2D eigenvalue weighted by atomic mass is 32.2. The first-order chi connectivity index (χ1) is 16.4. The smallest absolute Gasteiger partial charge is 0.242 e. The molecule has 1 aliphatic heterocycles. The summed E-state index contributed by atoms with van der Waals surface area (Å²) in [4.78, 5) is 28.9. The van der Waals surface area contributed by atoms with Gasteiger partial charge in [0, 0.05) is 26.1 Å². The zero-order chi connectivity index (χ0) is 23.9. The Morgan fingerprint density at radius 1 is 1.12 bits per heavy atom. The standard InChI is InChI=1S/C26H41N5O2S/c1-17(2)16-31-22(28-29-25(31)34-3)7-4-8-27-23(32)21-6-5-9-30(21)24(33)26-13-18-10-19(14-26)12-20(11-18)15-26/h17-21H,4-16H2,1-3H3,(H,27,32). The molecule has 4 bridgehead atoms. The molecule has 1 N–H and O–H groups in total. The van der Waals surface area contributed by atoms with Crippen molar-refractivity contribution in [1.29, 1.82) is 0 Å². The van der Waals surface area contributed by atoms with E-state index < -0.39 is 0 Å². The normalized spacial score (nSPS) is 32.1. The van der Waals surface area contributed by atoms with E-state index in [1.807, 2.05) is 11.2 Å². The first kappa shape index (κ1) is 24.1. The minimum Gasteiger partial charge on any atom is -0.354 e. The van der Waals surface area contributed by atoms with Gasteiger partial charge in [-0.15, -0.1) is 10.2 Å². The van der Waals surface area contributed by atoms with E-state index in [-0.39, 0.29) is 17.4 Å². The number of nitrogens with zero attached hydrogens (tertiary/aromatic N) is 4. The van der Waals surface area contributed by atoms with Gasteiger partial charge >= 0.3 is 0 Å². The lowest BCUT2D eigenvalue weighted by Crippen LogP contribution is -2.57. The largest absolute Gasteiger partial charge is 0.354 e. The van der Waals surface area contributed by atoms with Gasteiger partial charge < -0.3 is 14.8 Å². The Bertz CT molecular complexity index is 878. The van der Waals surface area contributed by atoms with E-state index >= 15 is 0 Å². The lowest BCUT2D eigenvalue weighted by Gasteiger charge is -2.56. The van der Waals surface area contributed by atoms with Crippen LogP contribution in [0.1, 0.15) is 77.5 Å². The van der Waals surface area contributed by atoms with Crippen molar-refractivity contribution in [2.45, 2.75) is 95.8 Å². The summed E-state index contributed by atoms with van der Waals surface area (Å²) in [6.45, 7) is 6.67. The van der Waals surface area contributed by atoms with Crippen molar-refractivity contribution in [3.63, 3.8) is 0 Å². The number of likely N-dealkylation sites (tertiary alicyclic amines) is 1. The van der Waals surface area contributed by atoms with Crippen molar-refractivity contribution in [2.75, 3.05) is 19.3 Å². The molecule has 0 aromatic carbocycles. The van der Waals surface area contributed by atoms with Crippen LogP contribution in [0, 0.1) is 29.1 Å². The molecule has 1 atom stereocenters. The maximum absolute atomic E-state index is 13.8. The Morgan fingerprint density at radius 2 is 1.79 bits per heavy atom. The van der Waals surface area contributed by atoms with Gasteiger partial charge in [0.05, 0.1) is 5.41 Å². The van der Waals surface area contributed by atoms with E-state index in [2.05, 4.69) is 33.9 Å². The number of rotatable bonds is 9. The van der Waals surface area contributed by atoms with E-state index in [1.165, 1.54) is 19.3 Å². The molecule has 2 amide bonds. The zero-order valence-electron chi connectivity index (χ0n) is 21.1. The molecule has 188 valence electrons. The fourth-order valence-corrected chi connectivity index (χ4v) is 8.26. The monoisotopic (exact) mass is 487 g/mol. The fourth-order valence-electron chi connectivity index (χ4n) is 7.74. The lowest BCUT2D eigenvalue weighted by molar-refractivity contribution is -0.160. The molecule has 0 spiro atoms. The van der Waals surface area contributed by atoms with Crippen LogP contribution in [0.15, 0.2) is 5.16 Å². The third-order valence-electron chi connectivity index (χ3n) is 8.71. The van der Waals surface area contributed by atoms with Crippen LogP contribution < -0.4 is 5.32 Å². The van der Waals surface area contributed by atoms with Gasteiger partial charge in [-0.05, 0) is 87.7 Å². The molecule has 1 saturated heterocycles. The Hall–Kier alpha value is -1.57. The first-order valence-corrected chi connectivity index (χ1v) is 14.7. The average molecular weight is 488 g/mol. The van der Waals surface area contributed by atoms with E-state index in [1.54, 1.807) is 11.8 Å². The summed E-state index contributed by atoms with van der Waals surface area (Å²) in [7, 11) is 0. The molecule has 2 heterocycles. The molecule has 1 unspecified atom stereocenters. The van der Waals surface area contributed by atoms with Gasteiger partial charge in [0.2, 0.25) is 11.8 Å². The van der Waals surface area contributed by atoms with Crippen LogP contribution in [-0.2, 0) is 22.6 Å². The highest BCUT2D eigenvalue weighted by Gasteiger charge is 2.56. The second kappa shape index (κ2) is 9.82. The quantitative estimate of drug-likeness (QED) is 0.422. The number of nitrogens with one attached hydrogen (secondary N) is 1. The molecular weight excluding hydrogens is 446 g/mol. The SMILES string of the molecule is CSc1nnc(CCCNC(=O)C2CCCN2C(=O)C23CC4CC(CC(C4)C2)C3)n1CC(C)C. The number of thioether (sulfide) groups is 1. The summed E-state index contributed by atoms with van der Waals surface area (Å²) in [5.41, 5.74) is -0.160. The molecule has 1 aromatic heterocycles. The Labute approximate surface area is 208 Å². The van der Waals surface area contributed by atoms with Crippen LogP contribution in [0.4, 0.5) is 0 Å². The van der Waals surface area contributed by atoms with Gasteiger partial charge in [0.1, 0.15) is 11.9 Å². The first-order valence-electron chi connectivity index (χ1n) is 13.4. The summed E-state index contributed by atoms with van der Waals surface area (Å²) in [6.07, 6.45) is 12.6. The number of hydrogen-bond acceptors (Lipinski definition) is 5. The van der Waals surface area contributed by atoms with Crippen LogP contribution in [0.25, 0.3) is 0 Å². The van der Waals surface area contributed by atoms with Gasteiger partial charge in [0.15, 0.2) is 5.16 Å². The second-order valence-corrected chi connectivity index (χ2v) is 12.6. The average Bonchev–Trinajstić information content (AvgIpc) is 3.42. The molecule has 0 radical (unpaired) electrons. The molecule has 34 heavy (non-hydrogen) atoms. The number of carbonyl (C=O) groups excluding carboxylic acids is 2. The minimum atomic E-state index is -0.284. The second-order valence-electron chi connectivity index (χ2n) is 11.9. The van der Waals surface area contributed by atoms with Crippen molar-refractivity contribution in [1.82, 2.24) is 25.0 Å². The Kier molecular flexibility index (Phi) is 6.97. The lowest BCUT2D eigenvalue weighted by atomic mass is 9.49. The van der Waals surface area contributed by atoms with E-state index in [0.29, 0.717) is 18.4 Å². The van der Waals surface area contributed by atoms with Crippen LogP contribution in [-0.4, -0.2) is 56.9 Å². The van der Waals surface area contributed by atoms with Crippen molar-refractivity contribution in [3.05, 3.63) is 5.82 Å². The Morgan fingerprint density at radius 3 is 2.41 bits per heavy atom. The predicted octanol–water partition coefficient (Wildman–Crippen LogP) is 3.91. The van der Waals surface area contributed by atoms with Crippen molar-refractivity contribution >= 4 is 23.6 Å². The summed E-state index contributed by atoms with van der Waals surface area (Å²) in [6, 6.07) is -0.284. The van der Waals surface area contributed by atoms with Crippen LogP contribution in [0.5, 0.6) is 0 Å². The van der Waals surface area contributed by atoms with Crippen LogP contribution in [0.3, 0.4) is 0 Å². The van der Waals surface area contributed by atoms with Crippen molar-refractivity contribution < 1.29 is 9.59 Å². The molecule has 5 fully saturated rings. The highest BCUT2D eigenvalue weighted by Crippen LogP contribution is 2.60. The number of amides is 2. The van der Waals surface area contributed by atoms with E-state index in [4.69, 9.17) is 0 Å². The van der Waals surface area contributed by atoms with Gasteiger partial charge in [-0.3, -0.25) is 9.59 Å². The van der Waals surface area contributed by atoms with Gasteiger partial charge in [0.25, 0.3) is 0 Å². The molecule has 8 heteroatoms. The fraction of sp³-hybridized carbons (Fsp3) is 0.846. The zero-order valence-corrected chi connectivity index (χ0v) is 21.9. The third-order valence-corrected chi connectivity index (χ3v) is 9.38. The number of carbonyl (C=O) groups is 2. The van der Waals surface area contributed by atoms with Gasteiger partial charge in [-0.1, -0.05) is 25.6 Å². The maximum atomic E-state index is 13.8. The minimum absolute atomic E-state index is 0.0315. The molecule has 7 nitrogen and oxygen atoms in total. The highest BCUT2D eigenvalue weighted by molar-refractivity contribution is 7.98. The maximum Gasteiger partial charge on any atom is 0.242 e. The Balaban J connectivity index is 1.15. The molecule has 4 aliphatic carbocycles. The number of aromatic nitrogens is 3. The summed E-state index contributed by atoms with van der Waals surface area (Å²) < 4.78 is 2.21. The third kappa shape index (κ3) is 4.63. The van der Waals surface area contributed by atoms with Gasteiger partial charge in [-0.2, -0.15) is 0 Å². The number of hydrogen-bond donors (Lipinski definition) is 1. The van der Waals surface area contributed by atoms with E-state index in [0.717, 1.165) is 86.8 Å². The molecule has 6 rings (SSSR count). The molecular formula is C26H41N5O2S. The summed E-state index contributed by atoms with van der Waals surface area (Å²) in [5, 5.41) is 12.8. The van der Waals surface area contributed by atoms with Crippen LogP contribution >= 0.6 is 11.8 Å². The van der Waals surface area contributed by atoms with Crippen molar-refractivity contribution in [3.8, 4) is 0 Å². The number of aryl methyl sites for hydroxylation is 1. The van der Waals surface area contributed by atoms with E-state index in [9.17, 15) is 9.59 Å². The summed E-state index contributed by atoms with van der Waals surface area (Å²) >= 11 is 1.62. The summed E-state index contributed by atoms with van der Waals surface area (Å²) in [5.74, 6) is 4.09. The topological polar surface area (TPSA) is 80.1 Å². The predicted molar refractivity (Wildman–Crippen MR) is 133 cm³/mol. The molecule has 1 aromatic rings. The van der Waals surface area contributed by atoms with Gasteiger partial charge in [-0.25, -0.2) is 0 Å². The molecule has 4 saturated carbocycles. The molecule has 5 aliphatic rings.